The van der Waals surface area contributed by atoms with Crippen LogP contribution in [0.15, 0.2) is 48.5 Å². The summed E-state index contributed by atoms with van der Waals surface area (Å²) in [5.41, 5.74) is 2.33. The van der Waals surface area contributed by atoms with Gasteiger partial charge in [0.15, 0.2) is 5.65 Å². The topological polar surface area (TPSA) is 110 Å². The lowest BCUT2D eigenvalue weighted by molar-refractivity contribution is -0.384. The molecule has 0 saturated carbocycles. The molecule has 1 atom stereocenters. The first kappa shape index (κ1) is 26.2. The Labute approximate surface area is 225 Å². The van der Waals surface area contributed by atoms with E-state index in [9.17, 15) is 19.3 Å². The maximum Gasteiger partial charge on any atom is 0.270 e. The zero-order valence-corrected chi connectivity index (χ0v) is 22.2. The molecule has 0 N–H and O–H groups in total. The molecule has 0 aliphatic carbocycles. The Balaban J connectivity index is 1.48. The number of nitro groups is 1. The molecule has 1 unspecified atom stereocenters. The number of halogens is 1. The van der Waals surface area contributed by atoms with Crippen LogP contribution in [-0.4, -0.2) is 61.7 Å². The lowest BCUT2D eigenvalue weighted by atomic mass is 10.1. The van der Waals surface area contributed by atoms with Gasteiger partial charge in [0.05, 0.1) is 21.7 Å². The van der Waals surface area contributed by atoms with Gasteiger partial charge in [0.2, 0.25) is 0 Å². The van der Waals surface area contributed by atoms with Crippen LogP contribution in [0.3, 0.4) is 0 Å². The highest BCUT2D eigenvalue weighted by atomic mass is 19.1. The number of hydrogen-bond acceptors (Lipinski definition) is 7. The van der Waals surface area contributed by atoms with Crippen LogP contribution in [0.25, 0.3) is 16.7 Å². The zero-order valence-electron chi connectivity index (χ0n) is 22.2. The van der Waals surface area contributed by atoms with E-state index in [1.165, 1.54) is 30.3 Å². The van der Waals surface area contributed by atoms with E-state index in [2.05, 4.69) is 18.7 Å². The summed E-state index contributed by atoms with van der Waals surface area (Å²) < 4.78 is 15.4. The number of hydrogen-bond donors (Lipinski definition) is 0. The number of benzene rings is 2. The predicted octanol–water partition coefficient (Wildman–Crippen LogP) is 5.04. The van der Waals surface area contributed by atoms with Gasteiger partial charge in [-0.25, -0.2) is 19.0 Å². The third kappa shape index (κ3) is 5.16. The summed E-state index contributed by atoms with van der Waals surface area (Å²) in [6.07, 6.45) is 1.92. The molecular weight excluding hydrogens is 501 g/mol. The lowest BCUT2D eigenvalue weighted by Crippen LogP contribution is -2.49. The van der Waals surface area contributed by atoms with Crippen molar-refractivity contribution in [3.63, 3.8) is 0 Å². The third-order valence-corrected chi connectivity index (χ3v) is 7.10. The molecule has 5 rings (SSSR count). The second kappa shape index (κ2) is 10.8. The molecule has 1 fully saturated rings. The second-order valence-electron chi connectivity index (χ2n) is 9.85. The van der Waals surface area contributed by atoms with E-state index in [1.807, 2.05) is 6.92 Å². The number of anilines is 1. The molecule has 0 radical (unpaired) electrons. The summed E-state index contributed by atoms with van der Waals surface area (Å²) in [6.45, 7) is 8.10. The van der Waals surface area contributed by atoms with Gasteiger partial charge in [-0.3, -0.25) is 14.9 Å². The molecule has 2 aromatic carbocycles. The highest BCUT2D eigenvalue weighted by Gasteiger charge is 2.28. The van der Waals surface area contributed by atoms with Crippen LogP contribution >= 0.6 is 0 Å². The van der Waals surface area contributed by atoms with Crippen molar-refractivity contribution in [3.05, 3.63) is 81.5 Å². The number of aromatic nitrogens is 4. The van der Waals surface area contributed by atoms with Crippen LogP contribution in [0.4, 0.5) is 15.9 Å². The average molecular weight is 532 g/mol. The number of fused-ring (bicyclic) bond motifs is 1. The van der Waals surface area contributed by atoms with Crippen molar-refractivity contribution in [2.24, 2.45) is 0 Å². The van der Waals surface area contributed by atoms with Gasteiger partial charge in [0.1, 0.15) is 17.5 Å². The minimum atomic E-state index is -0.499. The molecule has 0 bridgehead atoms. The number of nitro benzene ring substituents is 1. The Morgan fingerprint density at radius 3 is 2.49 bits per heavy atom. The molecule has 1 aliphatic rings. The van der Waals surface area contributed by atoms with Gasteiger partial charge in [-0.1, -0.05) is 26.3 Å². The first-order valence-electron chi connectivity index (χ1n) is 13.1. The van der Waals surface area contributed by atoms with Crippen molar-refractivity contribution in [1.29, 1.82) is 0 Å². The van der Waals surface area contributed by atoms with Gasteiger partial charge in [-0.2, -0.15) is 5.10 Å². The van der Waals surface area contributed by atoms with E-state index >= 15 is 0 Å². The normalized spacial score (nSPS) is 14.6. The van der Waals surface area contributed by atoms with Crippen LogP contribution in [0.5, 0.6) is 0 Å². The fourth-order valence-corrected chi connectivity index (χ4v) is 5.01. The molecule has 1 amide bonds. The summed E-state index contributed by atoms with van der Waals surface area (Å²) in [5.74, 6) is 1.07. The van der Waals surface area contributed by atoms with Gasteiger partial charge < -0.3 is 9.80 Å². The summed E-state index contributed by atoms with van der Waals surface area (Å²) in [7, 11) is 0. The smallest absolute Gasteiger partial charge is 0.270 e. The number of nitrogens with zero attached hydrogens (tertiary/aromatic N) is 7. The molecule has 3 heterocycles. The zero-order chi connectivity index (χ0) is 27.7. The Morgan fingerprint density at radius 2 is 1.82 bits per heavy atom. The lowest BCUT2D eigenvalue weighted by Gasteiger charge is -2.36. The van der Waals surface area contributed by atoms with Crippen molar-refractivity contribution in [1.82, 2.24) is 24.6 Å². The molecule has 10 nitrogen and oxygen atoms in total. The number of amides is 1. The van der Waals surface area contributed by atoms with Crippen molar-refractivity contribution >= 4 is 28.4 Å². The quantitative estimate of drug-likeness (QED) is 0.243. The number of carbonyl (C=O) groups excluding carboxylic acids is 1. The van der Waals surface area contributed by atoms with Crippen molar-refractivity contribution in [2.45, 2.75) is 39.5 Å². The molecule has 11 heteroatoms. The molecule has 4 aromatic rings. The Bertz CT molecular complexity index is 1530. The Kier molecular flexibility index (Phi) is 7.23. The maximum atomic E-state index is 13.6. The van der Waals surface area contributed by atoms with E-state index in [0.717, 1.165) is 35.6 Å². The molecule has 1 aliphatic heterocycles. The van der Waals surface area contributed by atoms with Gasteiger partial charge in [0, 0.05) is 49.8 Å². The summed E-state index contributed by atoms with van der Waals surface area (Å²) in [6, 6.07) is 12.0. The molecule has 202 valence electrons. The predicted molar refractivity (Wildman–Crippen MR) is 146 cm³/mol. The van der Waals surface area contributed by atoms with E-state index in [-0.39, 0.29) is 23.3 Å². The van der Waals surface area contributed by atoms with Crippen molar-refractivity contribution < 1.29 is 14.1 Å². The average Bonchev–Trinajstić information content (AvgIpc) is 3.29. The monoisotopic (exact) mass is 531 g/mol. The van der Waals surface area contributed by atoms with Crippen LogP contribution in [0, 0.1) is 22.9 Å². The number of aryl methyl sites for hydroxylation is 1. The summed E-state index contributed by atoms with van der Waals surface area (Å²) in [5, 5.41) is 16.7. The van der Waals surface area contributed by atoms with E-state index in [0.29, 0.717) is 43.1 Å². The first-order valence-corrected chi connectivity index (χ1v) is 13.1. The van der Waals surface area contributed by atoms with Crippen molar-refractivity contribution in [2.75, 3.05) is 31.1 Å². The van der Waals surface area contributed by atoms with Crippen LogP contribution in [0.1, 0.15) is 54.5 Å². The maximum absolute atomic E-state index is 13.6. The van der Waals surface area contributed by atoms with Gasteiger partial charge in [-0.15, -0.1) is 0 Å². The van der Waals surface area contributed by atoms with E-state index in [1.54, 1.807) is 27.8 Å². The highest BCUT2D eigenvalue weighted by molar-refractivity contribution is 5.95. The number of piperazine rings is 1. The largest absolute Gasteiger partial charge is 0.352 e. The second-order valence-corrected chi connectivity index (χ2v) is 9.85. The summed E-state index contributed by atoms with van der Waals surface area (Å²) in [4.78, 5) is 37.5. The molecule has 2 aromatic heterocycles. The standard InChI is InChI=1S/C28H30FN7O3/c1-4-6-18(2)25-30-26(24-19(3)32-35(27(24)31-25)22-11-9-21(29)10-12-22)33-13-15-34(16-14-33)28(37)20-7-5-8-23(17-20)36(38)39/h5,7-12,17-18H,4,6,13-16H2,1-3H3. The van der Waals surface area contributed by atoms with Crippen molar-refractivity contribution in [3.8, 4) is 5.69 Å². The fraction of sp³-hybridized carbons (Fsp3) is 0.357. The highest BCUT2D eigenvalue weighted by Crippen LogP contribution is 2.32. The summed E-state index contributed by atoms with van der Waals surface area (Å²) >= 11 is 0. The number of rotatable bonds is 7. The minimum Gasteiger partial charge on any atom is -0.352 e. The van der Waals surface area contributed by atoms with Gasteiger partial charge in [-0.05, 0) is 43.7 Å². The van der Waals surface area contributed by atoms with Crippen LogP contribution in [-0.2, 0) is 0 Å². The Morgan fingerprint density at radius 1 is 1.10 bits per heavy atom. The Hall–Kier alpha value is -4.41. The van der Waals surface area contributed by atoms with Gasteiger partial charge in [0.25, 0.3) is 11.6 Å². The first-order chi connectivity index (χ1) is 18.8. The van der Waals surface area contributed by atoms with E-state index in [4.69, 9.17) is 15.1 Å². The molecule has 1 saturated heterocycles. The third-order valence-electron chi connectivity index (χ3n) is 7.10. The minimum absolute atomic E-state index is 0.106. The SMILES string of the molecule is CCCC(C)c1nc(N2CCN(C(=O)c3cccc([N+](=O)[O-])c3)CC2)c2c(C)nn(-c3ccc(F)cc3)c2n1. The molecule has 39 heavy (non-hydrogen) atoms. The van der Waals surface area contributed by atoms with Crippen LogP contribution in [0.2, 0.25) is 0 Å². The van der Waals surface area contributed by atoms with Gasteiger partial charge >= 0.3 is 0 Å². The van der Waals surface area contributed by atoms with Crippen LogP contribution < -0.4 is 4.90 Å². The molecular formula is C28H30FN7O3. The molecule has 0 spiro atoms. The van der Waals surface area contributed by atoms with E-state index < -0.39 is 4.92 Å². The number of carbonyl (C=O) groups is 1. The number of non-ortho nitro benzene ring substituents is 1. The fourth-order valence-electron chi connectivity index (χ4n) is 5.01.